The van der Waals surface area contributed by atoms with Gasteiger partial charge in [0, 0.05) is 5.56 Å². The monoisotopic (exact) mass is 265 g/mol. The summed E-state index contributed by atoms with van der Waals surface area (Å²) >= 11 is 0. The second-order valence-corrected chi connectivity index (χ2v) is 4.71. The second-order valence-electron chi connectivity index (χ2n) is 4.71. The molecule has 0 bridgehead atoms. The first-order valence-electron chi connectivity index (χ1n) is 6.16. The van der Waals surface area contributed by atoms with E-state index in [0.717, 1.165) is 10.5 Å². The van der Waals surface area contributed by atoms with Crippen LogP contribution in [0, 0.1) is 6.92 Å². The van der Waals surface area contributed by atoms with Gasteiger partial charge in [0.15, 0.2) is 0 Å². The summed E-state index contributed by atoms with van der Waals surface area (Å²) in [6.45, 7) is 1.87. The van der Waals surface area contributed by atoms with Crippen LogP contribution in [0.25, 0.3) is 0 Å². The number of fused-ring (bicyclic) bond motifs is 1. The summed E-state index contributed by atoms with van der Waals surface area (Å²) in [6.07, 6.45) is 0.686. The molecule has 98 valence electrons. The molecule has 0 radical (unpaired) electrons. The normalized spacial score (nSPS) is 13.6. The van der Waals surface area contributed by atoms with Gasteiger partial charge in [0.2, 0.25) is 0 Å². The van der Waals surface area contributed by atoms with Crippen molar-refractivity contribution in [3.8, 4) is 0 Å². The maximum atomic E-state index is 12.4. The second kappa shape index (κ2) is 4.42. The van der Waals surface area contributed by atoms with Crippen molar-refractivity contribution < 1.29 is 14.4 Å². The Morgan fingerprint density at radius 3 is 2.45 bits per heavy atom. The number of aldehydes is 1. The number of nitrogens with zero attached hydrogens (tertiary/aromatic N) is 1. The number of hydrogen-bond acceptors (Lipinski definition) is 3. The largest absolute Gasteiger partial charge is 0.298 e. The number of imide groups is 1. The lowest BCUT2D eigenvalue weighted by Crippen LogP contribution is -2.29. The van der Waals surface area contributed by atoms with E-state index in [4.69, 9.17) is 0 Å². The number of amides is 2. The number of rotatable bonds is 2. The fourth-order valence-corrected chi connectivity index (χ4v) is 2.33. The number of carbonyl (C=O) groups is 3. The average molecular weight is 265 g/mol. The van der Waals surface area contributed by atoms with Crippen LogP contribution in [-0.4, -0.2) is 18.1 Å². The van der Waals surface area contributed by atoms with Crippen LogP contribution in [0.4, 0.5) is 5.69 Å². The SMILES string of the molecule is Cc1ccc2c(c1)C(=O)N(c1cccc(C=O)c1)C2=O. The first-order chi connectivity index (χ1) is 9.61. The third kappa shape index (κ3) is 1.73. The average Bonchev–Trinajstić information content (AvgIpc) is 2.70. The molecule has 1 heterocycles. The van der Waals surface area contributed by atoms with Gasteiger partial charge in [-0.1, -0.05) is 23.8 Å². The van der Waals surface area contributed by atoms with Crippen LogP contribution in [0.1, 0.15) is 36.6 Å². The molecule has 2 amide bonds. The summed E-state index contributed by atoms with van der Waals surface area (Å²) in [4.78, 5) is 36.6. The van der Waals surface area contributed by atoms with Gasteiger partial charge in [0.05, 0.1) is 16.8 Å². The van der Waals surface area contributed by atoms with Crippen LogP contribution in [-0.2, 0) is 0 Å². The highest BCUT2D eigenvalue weighted by Crippen LogP contribution is 2.29. The smallest absolute Gasteiger partial charge is 0.266 e. The van der Waals surface area contributed by atoms with Gasteiger partial charge in [0.1, 0.15) is 6.29 Å². The predicted octanol–water partition coefficient (Wildman–Crippen LogP) is 2.61. The first kappa shape index (κ1) is 12.3. The van der Waals surface area contributed by atoms with Crippen LogP contribution < -0.4 is 4.90 Å². The lowest BCUT2D eigenvalue weighted by atomic mass is 10.1. The molecule has 0 N–H and O–H groups in total. The molecule has 0 spiro atoms. The molecule has 1 aliphatic rings. The Kier molecular flexibility index (Phi) is 2.71. The van der Waals surface area contributed by atoms with E-state index in [1.807, 2.05) is 6.92 Å². The highest BCUT2D eigenvalue weighted by Gasteiger charge is 2.36. The highest BCUT2D eigenvalue weighted by atomic mass is 16.2. The standard InChI is InChI=1S/C16H11NO3/c1-10-5-6-13-14(7-10)16(20)17(15(13)19)12-4-2-3-11(8-12)9-18/h2-9H,1H3. The third-order valence-electron chi connectivity index (χ3n) is 3.31. The summed E-state index contributed by atoms with van der Waals surface area (Å²) in [6, 6.07) is 11.6. The summed E-state index contributed by atoms with van der Waals surface area (Å²) < 4.78 is 0. The van der Waals surface area contributed by atoms with E-state index >= 15 is 0 Å². The van der Waals surface area contributed by atoms with Crippen LogP contribution in [0.2, 0.25) is 0 Å². The van der Waals surface area contributed by atoms with E-state index in [2.05, 4.69) is 0 Å². The van der Waals surface area contributed by atoms with Crippen LogP contribution >= 0.6 is 0 Å². The zero-order valence-electron chi connectivity index (χ0n) is 10.8. The van der Waals surface area contributed by atoms with Gasteiger partial charge in [-0.05, 0) is 31.2 Å². The molecule has 0 aliphatic carbocycles. The Hall–Kier alpha value is -2.75. The van der Waals surface area contributed by atoms with Crippen molar-refractivity contribution in [3.05, 3.63) is 64.7 Å². The van der Waals surface area contributed by atoms with E-state index < -0.39 is 0 Å². The van der Waals surface area contributed by atoms with E-state index in [0.29, 0.717) is 28.7 Å². The molecule has 2 aromatic rings. The van der Waals surface area contributed by atoms with E-state index in [-0.39, 0.29) is 11.8 Å². The summed E-state index contributed by atoms with van der Waals surface area (Å²) in [7, 11) is 0. The molecule has 2 aromatic carbocycles. The minimum Gasteiger partial charge on any atom is -0.298 e. The van der Waals surface area contributed by atoms with Crippen molar-refractivity contribution in [2.75, 3.05) is 4.90 Å². The number of benzene rings is 2. The quantitative estimate of drug-likeness (QED) is 0.619. The molecule has 0 saturated carbocycles. The van der Waals surface area contributed by atoms with Gasteiger partial charge in [-0.25, -0.2) is 4.90 Å². The van der Waals surface area contributed by atoms with Crippen molar-refractivity contribution in [2.45, 2.75) is 6.92 Å². The van der Waals surface area contributed by atoms with Gasteiger partial charge in [0.25, 0.3) is 11.8 Å². The topological polar surface area (TPSA) is 54.5 Å². The Morgan fingerprint density at radius 2 is 1.70 bits per heavy atom. The number of hydrogen-bond donors (Lipinski definition) is 0. The Bertz CT molecular complexity index is 749. The molecule has 3 rings (SSSR count). The van der Waals surface area contributed by atoms with E-state index in [1.54, 1.807) is 36.4 Å². The summed E-state index contributed by atoms with van der Waals surface area (Å²) in [5.74, 6) is -0.704. The zero-order valence-corrected chi connectivity index (χ0v) is 10.8. The lowest BCUT2D eigenvalue weighted by molar-refractivity contribution is 0.0925. The first-order valence-corrected chi connectivity index (χ1v) is 6.16. The molecule has 0 atom stereocenters. The predicted molar refractivity (Wildman–Crippen MR) is 74.1 cm³/mol. The number of carbonyl (C=O) groups excluding carboxylic acids is 3. The fourth-order valence-electron chi connectivity index (χ4n) is 2.33. The maximum Gasteiger partial charge on any atom is 0.266 e. The molecule has 0 aromatic heterocycles. The number of aryl methyl sites for hydroxylation is 1. The Labute approximate surface area is 115 Å². The van der Waals surface area contributed by atoms with Crippen molar-refractivity contribution >= 4 is 23.8 Å². The fraction of sp³-hybridized carbons (Fsp3) is 0.0625. The molecule has 4 heteroatoms. The molecule has 4 nitrogen and oxygen atoms in total. The van der Waals surface area contributed by atoms with Crippen LogP contribution in [0.15, 0.2) is 42.5 Å². The highest BCUT2D eigenvalue weighted by molar-refractivity contribution is 6.34. The van der Waals surface area contributed by atoms with Crippen molar-refractivity contribution in [3.63, 3.8) is 0 Å². The van der Waals surface area contributed by atoms with Gasteiger partial charge >= 0.3 is 0 Å². The van der Waals surface area contributed by atoms with Gasteiger partial charge in [-0.15, -0.1) is 0 Å². The van der Waals surface area contributed by atoms with Crippen molar-refractivity contribution in [1.29, 1.82) is 0 Å². The summed E-state index contributed by atoms with van der Waals surface area (Å²) in [5, 5.41) is 0. The zero-order chi connectivity index (χ0) is 14.3. The maximum absolute atomic E-state index is 12.4. The molecular weight excluding hydrogens is 254 g/mol. The summed E-state index contributed by atoms with van der Waals surface area (Å²) in [5.41, 5.74) is 2.57. The third-order valence-corrected chi connectivity index (χ3v) is 3.31. The van der Waals surface area contributed by atoms with E-state index in [1.165, 1.54) is 6.07 Å². The molecule has 1 aliphatic heterocycles. The molecule has 20 heavy (non-hydrogen) atoms. The van der Waals surface area contributed by atoms with Crippen LogP contribution in [0.5, 0.6) is 0 Å². The molecule has 0 fully saturated rings. The molecule has 0 unspecified atom stereocenters. The minimum atomic E-state index is -0.354. The van der Waals surface area contributed by atoms with Crippen molar-refractivity contribution in [1.82, 2.24) is 0 Å². The Morgan fingerprint density at radius 1 is 0.950 bits per heavy atom. The minimum absolute atomic E-state index is 0.350. The van der Waals surface area contributed by atoms with E-state index in [9.17, 15) is 14.4 Å². The molecular formula is C16H11NO3. The molecule has 0 saturated heterocycles. The lowest BCUT2D eigenvalue weighted by Gasteiger charge is -2.13. The number of anilines is 1. The van der Waals surface area contributed by atoms with Gasteiger partial charge < -0.3 is 0 Å². The van der Waals surface area contributed by atoms with Crippen LogP contribution in [0.3, 0.4) is 0 Å². The Balaban J connectivity index is 2.11. The van der Waals surface area contributed by atoms with Crippen molar-refractivity contribution in [2.24, 2.45) is 0 Å². The van der Waals surface area contributed by atoms with Gasteiger partial charge in [-0.3, -0.25) is 14.4 Å². The van der Waals surface area contributed by atoms with Gasteiger partial charge in [-0.2, -0.15) is 0 Å².